The van der Waals surface area contributed by atoms with Crippen molar-refractivity contribution < 1.29 is 8.42 Å². The van der Waals surface area contributed by atoms with Crippen LogP contribution in [0.25, 0.3) is 0 Å². The Morgan fingerprint density at radius 1 is 1.44 bits per heavy atom. The fourth-order valence-corrected chi connectivity index (χ4v) is 3.10. The van der Waals surface area contributed by atoms with Crippen LogP contribution in [0.1, 0.15) is 11.3 Å². The molecule has 0 saturated carbocycles. The van der Waals surface area contributed by atoms with Crippen molar-refractivity contribution in [1.29, 1.82) is 0 Å². The number of nitrogens with two attached hydrogens (primary N) is 1. The number of rotatable bonds is 4. The molecule has 0 fully saturated rings. The van der Waals surface area contributed by atoms with Gasteiger partial charge >= 0.3 is 0 Å². The van der Waals surface area contributed by atoms with Gasteiger partial charge in [-0.3, -0.25) is 0 Å². The summed E-state index contributed by atoms with van der Waals surface area (Å²) in [5.41, 5.74) is 7.00. The van der Waals surface area contributed by atoms with Gasteiger partial charge in [0.1, 0.15) is 0 Å². The summed E-state index contributed by atoms with van der Waals surface area (Å²) in [5, 5.41) is 2.16. The number of sulfonamides is 1. The summed E-state index contributed by atoms with van der Waals surface area (Å²) in [5.74, 6) is 0. The monoisotopic (exact) mass is 283 g/mol. The summed E-state index contributed by atoms with van der Waals surface area (Å²) in [6.07, 6.45) is 0. The van der Waals surface area contributed by atoms with Crippen molar-refractivity contribution in [2.45, 2.75) is 18.4 Å². The van der Waals surface area contributed by atoms with Crippen LogP contribution in [0.3, 0.4) is 0 Å². The Labute approximate surface area is 110 Å². The topological polar surface area (TPSA) is 85.1 Å². The van der Waals surface area contributed by atoms with Crippen LogP contribution in [-0.4, -0.2) is 13.4 Å². The standard InChI is InChI=1S/C11H13N3O2S2/c1-8-3-2-4-10(5-8)18(15,16)13-6-9-7-17-11(12)14-9/h2-5,7,13H,6H2,1H3,(H2,12,14). The molecule has 2 aromatic rings. The molecule has 1 aromatic heterocycles. The van der Waals surface area contributed by atoms with Gasteiger partial charge < -0.3 is 5.73 Å². The molecule has 96 valence electrons. The lowest BCUT2D eigenvalue weighted by atomic mass is 10.2. The molecule has 0 aliphatic carbocycles. The lowest BCUT2D eigenvalue weighted by Crippen LogP contribution is -2.23. The quantitative estimate of drug-likeness (QED) is 0.890. The minimum Gasteiger partial charge on any atom is -0.375 e. The first kappa shape index (κ1) is 13.0. The normalized spacial score (nSPS) is 11.6. The highest BCUT2D eigenvalue weighted by Crippen LogP contribution is 2.13. The molecule has 0 unspecified atom stereocenters. The SMILES string of the molecule is Cc1cccc(S(=O)(=O)NCc2csc(N)n2)c1. The summed E-state index contributed by atoms with van der Waals surface area (Å²) in [7, 11) is -3.50. The Hall–Kier alpha value is -1.44. The van der Waals surface area contributed by atoms with E-state index in [0.717, 1.165) is 5.56 Å². The van der Waals surface area contributed by atoms with E-state index in [1.165, 1.54) is 11.3 Å². The Balaban J connectivity index is 2.13. The number of nitrogens with one attached hydrogen (secondary N) is 1. The Morgan fingerprint density at radius 2 is 2.22 bits per heavy atom. The molecule has 0 atom stereocenters. The smallest absolute Gasteiger partial charge is 0.240 e. The predicted molar refractivity (Wildman–Crippen MR) is 71.7 cm³/mol. The Bertz CT molecular complexity index is 650. The first-order valence-electron chi connectivity index (χ1n) is 5.23. The summed E-state index contributed by atoms with van der Waals surface area (Å²) < 4.78 is 26.5. The molecule has 0 amide bonds. The summed E-state index contributed by atoms with van der Waals surface area (Å²) in [4.78, 5) is 4.25. The number of anilines is 1. The van der Waals surface area contributed by atoms with E-state index in [2.05, 4.69) is 9.71 Å². The van der Waals surface area contributed by atoms with E-state index in [9.17, 15) is 8.42 Å². The van der Waals surface area contributed by atoms with Gasteiger partial charge in [-0.15, -0.1) is 11.3 Å². The van der Waals surface area contributed by atoms with Crippen molar-refractivity contribution in [1.82, 2.24) is 9.71 Å². The van der Waals surface area contributed by atoms with Gasteiger partial charge in [-0.25, -0.2) is 18.1 Å². The number of nitrogen functional groups attached to an aromatic ring is 1. The molecule has 7 heteroatoms. The number of aryl methyl sites for hydroxylation is 1. The van der Waals surface area contributed by atoms with E-state index >= 15 is 0 Å². The number of thiazole rings is 1. The Kier molecular flexibility index (Phi) is 3.65. The van der Waals surface area contributed by atoms with E-state index in [1.54, 1.807) is 23.6 Å². The highest BCUT2D eigenvalue weighted by Gasteiger charge is 2.14. The van der Waals surface area contributed by atoms with Gasteiger partial charge in [-0.2, -0.15) is 0 Å². The molecular formula is C11H13N3O2S2. The molecule has 5 nitrogen and oxygen atoms in total. The van der Waals surface area contributed by atoms with E-state index in [1.807, 2.05) is 13.0 Å². The zero-order valence-electron chi connectivity index (χ0n) is 9.75. The van der Waals surface area contributed by atoms with Crippen LogP contribution in [0.2, 0.25) is 0 Å². The van der Waals surface area contributed by atoms with Gasteiger partial charge in [0.15, 0.2) is 5.13 Å². The van der Waals surface area contributed by atoms with E-state index in [4.69, 9.17) is 5.73 Å². The largest absolute Gasteiger partial charge is 0.375 e. The first-order valence-corrected chi connectivity index (χ1v) is 7.60. The van der Waals surface area contributed by atoms with Crippen LogP contribution >= 0.6 is 11.3 Å². The number of hydrogen-bond donors (Lipinski definition) is 2. The third-order valence-corrected chi connectivity index (χ3v) is 4.43. The molecule has 0 aliphatic rings. The molecule has 0 aliphatic heterocycles. The molecule has 1 aromatic carbocycles. The van der Waals surface area contributed by atoms with Gasteiger partial charge in [0, 0.05) is 5.38 Å². The summed E-state index contributed by atoms with van der Waals surface area (Å²) >= 11 is 1.29. The third kappa shape index (κ3) is 3.06. The third-order valence-electron chi connectivity index (χ3n) is 2.31. The number of nitrogens with zero attached hydrogens (tertiary/aromatic N) is 1. The molecular weight excluding hydrogens is 270 g/mol. The van der Waals surface area contributed by atoms with Crippen molar-refractivity contribution in [3.63, 3.8) is 0 Å². The maximum absolute atomic E-state index is 12.0. The van der Waals surface area contributed by atoms with Crippen molar-refractivity contribution in [2.75, 3.05) is 5.73 Å². The van der Waals surface area contributed by atoms with Gasteiger partial charge in [0.05, 0.1) is 17.1 Å². The average Bonchev–Trinajstić information content (AvgIpc) is 2.73. The number of benzene rings is 1. The van der Waals surface area contributed by atoms with Crippen molar-refractivity contribution in [3.8, 4) is 0 Å². The maximum atomic E-state index is 12.0. The first-order chi connectivity index (χ1) is 8.47. The second kappa shape index (κ2) is 5.05. The maximum Gasteiger partial charge on any atom is 0.240 e. The van der Waals surface area contributed by atoms with Gasteiger partial charge in [-0.05, 0) is 24.6 Å². The molecule has 18 heavy (non-hydrogen) atoms. The van der Waals surface area contributed by atoms with Crippen LogP contribution < -0.4 is 10.5 Å². The molecule has 2 rings (SSSR count). The van der Waals surface area contributed by atoms with Gasteiger partial charge in [0.2, 0.25) is 10.0 Å². The minimum absolute atomic E-state index is 0.143. The second-order valence-corrected chi connectivity index (χ2v) is 6.47. The van der Waals surface area contributed by atoms with E-state index < -0.39 is 10.0 Å². The lowest BCUT2D eigenvalue weighted by Gasteiger charge is -2.05. The summed E-state index contributed by atoms with van der Waals surface area (Å²) in [6.45, 7) is 1.99. The van der Waals surface area contributed by atoms with Crippen molar-refractivity contribution >= 4 is 26.5 Å². The van der Waals surface area contributed by atoms with Crippen LogP contribution in [0.15, 0.2) is 34.5 Å². The molecule has 0 spiro atoms. The van der Waals surface area contributed by atoms with Crippen LogP contribution in [-0.2, 0) is 16.6 Å². The molecule has 0 saturated heterocycles. The van der Waals surface area contributed by atoms with Crippen LogP contribution in [0.5, 0.6) is 0 Å². The Morgan fingerprint density at radius 3 is 2.83 bits per heavy atom. The molecule has 0 radical (unpaired) electrons. The number of hydrogen-bond acceptors (Lipinski definition) is 5. The predicted octanol–water partition coefficient (Wildman–Crippen LogP) is 1.51. The van der Waals surface area contributed by atoms with E-state index in [0.29, 0.717) is 10.8 Å². The zero-order valence-corrected chi connectivity index (χ0v) is 11.4. The fourth-order valence-electron chi connectivity index (χ4n) is 1.44. The van der Waals surface area contributed by atoms with Gasteiger partial charge in [0.25, 0.3) is 0 Å². The second-order valence-electron chi connectivity index (χ2n) is 3.82. The zero-order chi connectivity index (χ0) is 13.2. The fraction of sp³-hybridized carbons (Fsp3) is 0.182. The summed E-state index contributed by atoms with van der Waals surface area (Å²) in [6, 6.07) is 6.74. The van der Waals surface area contributed by atoms with Gasteiger partial charge in [-0.1, -0.05) is 12.1 Å². The van der Waals surface area contributed by atoms with Crippen LogP contribution in [0.4, 0.5) is 5.13 Å². The molecule has 3 N–H and O–H groups in total. The van der Waals surface area contributed by atoms with Crippen LogP contribution in [0, 0.1) is 6.92 Å². The lowest BCUT2D eigenvalue weighted by molar-refractivity contribution is 0.580. The van der Waals surface area contributed by atoms with E-state index in [-0.39, 0.29) is 11.4 Å². The highest BCUT2D eigenvalue weighted by atomic mass is 32.2. The molecule has 0 bridgehead atoms. The molecule has 1 heterocycles. The minimum atomic E-state index is -3.50. The highest BCUT2D eigenvalue weighted by molar-refractivity contribution is 7.89. The van der Waals surface area contributed by atoms with Crippen molar-refractivity contribution in [2.24, 2.45) is 0 Å². The number of aromatic nitrogens is 1. The average molecular weight is 283 g/mol. The van der Waals surface area contributed by atoms with Crippen molar-refractivity contribution in [3.05, 3.63) is 40.9 Å².